The number of methoxy groups -OCH3 is 2. The summed E-state index contributed by atoms with van der Waals surface area (Å²) in [6.07, 6.45) is 0.515. The first-order valence-electron chi connectivity index (χ1n) is 6.58. The van der Waals surface area contributed by atoms with E-state index in [0.29, 0.717) is 17.9 Å². The Labute approximate surface area is 126 Å². The number of benzene rings is 1. The van der Waals surface area contributed by atoms with Crippen LogP contribution in [0.1, 0.15) is 20.3 Å². The van der Waals surface area contributed by atoms with Crippen LogP contribution in [0.5, 0.6) is 11.5 Å². The van der Waals surface area contributed by atoms with E-state index in [1.807, 2.05) is 13.8 Å². The molecule has 0 fully saturated rings. The summed E-state index contributed by atoms with van der Waals surface area (Å²) in [5, 5.41) is 8.97. The molecule has 0 spiro atoms. The van der Waals surface area contributed by atoms with E-state index < -0.39 is 10.0 Å². The Morgan fingerprint density at radius 3 is 2.33 bits per heavy atom. The predicted octanol–water partition coefficient (Wildman–Crippen LogP) is 1.39. The predicted molar refractivity (Wildman–Crippen MR) is 80.2 cm³/mol. The van der Waals surface area contributed by atoms with Crippen LogP contribution in [0, 0.1) is 5.41 Å². The van der Waals surface area contributed by atoms with Crippen molar-refractivity contribution in [3.05, 3.63) is 18.2 Å². The van der Waals surface area contributed by atoms with Gasteiger partial charge < -0.3 is 14.6 Å². The lowest BCUT2D eigenvalue weighted by molar-refractivity contribution is 0.213. The minimum atomic E-state index is -3.64. The summed E-state index contributed by atoms with van der Waals surface area (Å²) >= 11 is 0. The fourth-order valence-electron chi connectivity index (χ4n) is 1.75. The Morgan fingerprint density at radius 2 is 1.81 bits per heavy atom. The molecule has 1 aromatic rings. The van der Waals surface area contributed by atoms with Crippen molar-refractivity contribution in [3.63, 3.8) is 0 Å². The number of aliphatic hydroxyl groups is 1. The third kappa shape index (κ3) is 4.87. The molecule has 0 saturated carbocycles. The van der Waals surface area contributed by atoms with Crippen molar-refractivity contribution in [3.8, 4) is 11.5 Å². The average Bonchev–Trinajstić information content (AvgIpc) is 2.44. The van der Waals surface area contributed by atoms with Crippen molar-refractivity contribution in [2.24, 2.45) is 5.41 Å². The number of ether oxygens (including phenoxy) is 2. The van der Waals surface area contributed by atoms with Crippen molar-refractivity contribution >= 4 is 10.0 Å². The summed E-state index contributed by atoms with van der Waals surface area (Å²) in [4.78, 5) is 0.111. The van der Waals surface area contributed by atoms with Gasteiger partial charge in [0.05, 0.1) is 19.1 Å². The number of nitrogens with one attached hydrogen (secondary N) is 1. The Hall–Kier alpha value is -1.31. The zero-order chi connectivity index (χ0) is 16.1. The van der Waals surface area contributed by atoms with E-state index in [1.54, 1.807) is 6.07 Å². The van der Waals surface area contributed by atoms with Crippen LogP contribution in [0.3, 0.4) is 0 Å². The van der Waals surface area contributed by atoms with Crippen molar-refractivity contribution < 1.29 is 23.0 Å². The maximum Gasteiger partial charge on any atom is 0.240 e. The molecule has 0 atom stereocenters. The first-order chi connectivity index (χ1) is 9.75. The molecular weight excluding hydrogens is 294 g/mol. The van der Waals surface area contributed by atoms with Gasteiger partial charge >= 0.3 is 0 Å². The third-order valence-corrected chi connectivity index (χ3v) is 4.59. The summed E-state index contributed by atoms with van der Waals surface area (Å²) in [7, 11) is -0.698. The smallest absolute Gasteiger partial charge is 0.240 e. The Bertz CT molecular complexity index is 569. The van der Waals surface area contributed by atoms with Gasteiger partial charge in [-0.3, -0.25) is 0 Å². The summed E-state index contributed by atoms with van der Waals surface area (Å²) < 4.78 is 37.3. The van der Waals surface area contributed by atoms with Crippen LogP contribution in [0.2, 0.25) is 0 Å². The molecule has 0 amide bonds. The van der Waals surface area contributed by atoms with Gasteiger partial charge in [-0.2, -0.15) is 0 Å². The van der Waals surface area contributed by atoms with Gasteiger partial charge in [0.1, 0.15) is 0 Å². The van der Waals surface area contributed by atoms with Crippen molar-refractivity contribution in [1.82, 2.24) is 4.72 Å². The second-order valence-corrected chi connectivity index (χ2v) is 7.25. The van der Waals surface area contributed by atoms with Crippen LogP contribution < -0.4 is 14.2 Å². The molecule has 0 aromatic heterocycles. The van der Waals surface area contributed by atoms with Crippen LogP contribution in [0.4, 0.5) is 0 Å². The summed E-state index contributed by atoms with van der Waals surface area (Å²) in [6, 6.07) is 4.43. The average molecular weight is 317 g/mol. The van der Waals surface area contributed by atoms with E-state index in [-0.39, 0.29) is 23.5 Å². The van der Waals surface area contributed by atoms with Gasteiger partial charge in [-0.1, -0.05) is 13.8 Å². The van der Waals surface area contributed by atoms with Gasteiger partial charge in [0.15, 0.2) is 11.5 Å². The highest BCUT2D eigenvalue weighted by atomic mass is 32.2. The van der Waals surface area contributed by atoms with Gasteiger partial charge in [-0.25, -0.2) is 13.1 Å². The molecular formula is C14H23NO5S. The fraction of sp³-hybridized carbons (Fsp3) is 0.571. The standard InChI is InChI=1S/C14H23NO5S/c1-14(2,7-8-16)10-15-21(17,18)11-5-6-12(19-3)13(9-11)20-4/h5-6,9,15-16H,7-8,10H2,1-4H3. The zero-order valence-electron chi connectivity index (χ0n) is 12.8. The minimum Gasteiger partial charge on any atom is -0.493 e. The number of rotatable bonds is 8. The van der Waals surface area contributed by atoms with E-state index in [9.17, 15) is 8.42 Å². The fourth-order valence-corrected chi connectivity index (χ4v) is 3.01. The summed E-state index contributed by atoms with van der Waals surface area (Å²) in [6.45, 7) is 4.04. The van der Waals surface area contributed by atoms with Crippen LogP contribution in [0.15, 0.2) is 23.1 Å². The normalized spacial score (nSPS) is 12.2. The number of hydrogen-bond donors (Lipinski definition) is 2. The van der Waals surface area contributed by atoms with Gasteiger partial charge in [0.2, 0.25) is 10.0 Å². The molecule has 0 unspecified atom stereocenters. The van der Waals surface area contributed by atoms with Crippen LogP contribution >= 0.6 is 0 Å². The maximum absolute atomic E-state index is 12.3. The van der Waals surface area contributed by atoms with E-state index in [0.717, 1.165) is 0 Å². The van der Waals surface area contributed by atoms with Crippen LogP contribution in [-0.2, 0) is 10.0 Å². The number of hydrogen-bond acceptors (Lipinski definition) is 5. The Morgan fingerprint density at radius 1 is 1.19 bits per heavy atom. The van der Waals surface area contributed by atoms with Gasteiger partial charge in [-0.15, -0.1) is 0 Å². The second kappa shape index (κ2) is 7.11. The first kappa shape index (κ1) is 17.7. The first-order valence-corrected chi connectivity index (χ1v) is 8.06. The topological polar surface area (TPSA) is 84.9 Å². The van der Waals surface area contributed by atoms with E-state index in [1.165, 1.54) is 26.4 Å². The monoisotopic (exact) mass is 317 g/mol. The lowest BCUT2D eigenvalue weighted by atomic mass is 9.90. The molecule has 21 heavy (non-hydrogen) atoms. The van der Waals surface area contributed by atoms with Gasteiger partial charge in [0, 0.05) is 19.2 Å². The number of sulfonamides is 1. The maximum atomic E-state index is 12.3. The summed E-state index contributed by atoms with van der Waals surface area (Å²) in [5.74, 6) is 0.826. The summed E-state index contributed by atoms with van der Waals surface area (Å²) in [5.41, 5.74) is -0.321. The molecule has 0 radical (unpaired) electrons. The Balaban J connectivity index is 2.93. The highest BCUT2D eigenvalue weighted by molar-refractivity contribution is 7.89. The molecule has 6 nitrogen and oxygen atoms in total. The SMILES string of the molecule is COc1ccc(S(=O)(=O)NCC(C)(C)CCO)cc1OC. The van der Waals surface area contributed by atoms with Crippen LogP contribution in [0.25, 0.3) is 0 Å². The van der Waals surface area contributed by atoms with Crippen molar-refractivity contribution in [2.75, 3.05) is 27.4 Å². The van der Waals surface area contributed by atoms with Gasteiger partial charge in [-0.05, 0) is 24.0 Å². The molecule has 0 saturated heterocycles. The molecule has 0 aliphatic heterocycles. The molecule has 1 aromatic carbocycles. The molecule has 0 heterocycles. The van der Waals surface area contributed by atoms with Crippen molar-refractivity contribution in [1.29, 1.82) is 0 Å². The lowest BCUT2D eigenvalue weighted by Gasteiger charge is -2.23. The van der Waals surface area contributed by atoms with Gasteiger partial charge in [0.25, 0.3) is 0 Å². The minimum absolute atomic E-state index is 0.0189. The highest BCUT2D eigenvalue weighted by Gasteiger charge is 2.22. The zero-order valence-corrected chi connectivity index (χ0v) is 13.7. The van der Waals surface area contributed by atoms with E-state index >= 15 is 0 Å². The number of aliphatic hydroxyl groups excluding tert-OH is 1. The molecule has 0 bridgehead atoms. The third-order valence-electron chi connectivity index (χ3n) is 3.19. The second-order valence-electron chi connectivity index (χ2n) is 5.48. The molecule has 1 rings (SSSR count). The quantitative estimate of drug-likeness (QED) is 0.757. The van der Waals surface area contributed by atoms with E-state index in [2.05, 4.69) is 4.72 Å². The molecule has 7 heteroatoms. The molecule has 120 valence electrons. The van der Waals surface area contributed by atoms with Crippen LogP contribution in [-0.4, -0.2) is 40.9 Å². The highest BCUT2D eigenvalue weighted by Crippen LogP contribution is 2.29. The lowest BCUT2D eigenvalue weighted by Crippen LogP contribution is -2.34. The van der Waals surface area contributed by atoms with Crippen molar-refractivity contribution in [2.45, 2.75) is 25.2 Å². The molecule has 0 aliphatic carbocycles. The largest absolute Gasteiger partial charge is 0.493 e. The van der Waals surface area contributed by atoms with E-state index in [4.69, 9.17) is 14.6 Å². The Kier molecular flexibility index (Phi) is 6.00. The molecule has 0 aliphatic rings. The molecule has 2 N–H and O–H groups in total.